The maximum Gasteiger partial charge on any atom is 0.195 e. The number of benzene rings is 1. The van der Waals surface area contributed by atoms with Gasteiger partial charge < -0.3 is 20.1 Å². The fourth-order valence-corrected chi connectivity index (χ4v) is 4.49. The van der Waals surface area contributed by atoms with Crippen LogP contribution in [0.5, 0.6) is 11.5 Å². The summed E-state index contributed by atoms with van der Waals surface area (Å²) < 4.78 is 10.7. The topological polar surface area (TPSA) is 67.8 Å². The molecule has 3 rings (SSSR count). The summed E-state index contributed by atoms with van der Waals surface area (Å²) in [5.41, 5.74) is 2.25. The number of aryl methyl sites for hydroxylation is 3. The Labute approximate surface area is 171 Å². The van der Waals surface area contributed by atoms with Gasteiger partial charge in [0.25, 0.3) is 0 Å². The standard InChI is InChI=1S/C21H30N4O2S/c1-4-22-21(24-15-11-12-17(26-2)18(14-15)27-3)23-13-7-10-20-25-16-8-5-6-9-19(16)28-20/h11-12,14H,4-10,13H2,1-3H3,(H2,22,23,24). The third-order valence-electron chi connectivity index (χ3n) is 4.70. The lowest BCUT2D eigenvalue weighted by atomic mass is 10.0. The van der Waals surface area contributed by atoms with Crippen molar-refractivity contribution in [3.05, 3.63) is 33.8 Å². The second kappa shape index (κ2) is 10.3. The molecule has 0 unspecified atom stereocenters. The second-order valence-electron chi connectivity index (χ2n) is 6.74. The number of fused-ring (bicyclic) bond motifs is 1. The monoisotopic (exact) mass is 402 g/mol. The highest BCUT2D eigenvalue weighted by Gasteiger charge is 2.14. The van der Waals surface area contributed by atoms with E-state index in [9.17, 15) is 0 Å². The van der Waals surface area contributed by atoms with Crippen molar-refractivity contribution in [3.8, 4) is 11.5 Å². The molecule has 0 atom stereocenters. The smallest absolute Gasteiger partial charge is 0.195 e. The Kier molecular flexibility index (Phi) is 7.54. The molecule has 0 saturated heterocycles. The van der Waals surface area contributed by atoms with Crippen LogP contribution < -0.4 is 20.1 Å². The summed E-state index contributed by atoms with van der Waals surface area (Å²) in [6.07, 6.45) is 6.96. The Morgan fingerprint density at radius 2 is 2.00 bits per heavy atom. The van der Waals surface area contributed by atoms with Gasteiger partial charge >= 0.3 is 0 Å². The fourth-order valence-electron chi connectivity index (χ4n) is 3.29. The van der Waals surface area contributed by atoms with Crippen molar-refractivity contribution in [1.82, 2.24) is 10.3 Å². The first-order valence-electron chi connectivity index (χ1n) is 9.98. The number of thiazole rings is 1. The molecule has 1 aromatic carbocycles. The number of nitrogens with one attached hydrogen (secondary N) is 2. The minimum Gasteiger partial charge on any atom is -0.493 e. The summed E-state index contributed by atoms with van der Waals surface area (Å²) in [5.74, 6) is 2.17. The van der Waals surface area contributed by atoms with Gasteiger partial charge in [0.2, 0.25) is 0 Å². The van der Waals surface area contributed by atoms with Crippen LogP contribution >= 0.6 is 11.3 Å². The maximum absolute atomic E-state index is 5.37. The number of rotatable bonds is 8. The average molecular weight is 403 g/mol. The third-order valence-corrected chi connectivity index (χ3v) is 5.92. The zero-order valence-electron chi connectivity index (χ0n) is 17.0. The van der Waals surface area contributed by atoms with E-state index in [1.54, 1.807) is 14.2 Å². The van der Waals surface area contributed by atoms with E-state index in [1.165, 1.54) is 34.8 Å². The zero-order chi connectivity index (χ0) is 19.8. The molecule has 7 heteroatoms. The molecule has 2 aromatic rings. The Balaban J connectivity index is 1.56. The Morgan fingerprint density at radius 1 is 1.18 bits per heavy atom. The molecule has 0 radical (unpaired) electrons. The summed E-state index contributed by atoms with van der Waals surface area (Å²) >= 11 is 1.90. The molecule has 0 aliphatic heterocycles. The highest BCUT2D eigenvalue weighted by molar-refractivity contribution is 7.11. The van der Waals surface area contributed by atoms with E-state index in [-0.39, 0.29) is 0 Å². The first-order chi connectivity index (χ1) is 13.7. The molecule has 0 spiro atoms. The number of hydrogen-bond donors (Lipinski definition) is 2. The molecule has 6 nitrogen and oxygen atoms in total. The highest BCUT2D eigenvalue weighted by Crippen LogP contribution is 2.30. The fraction of sp³-hybridized carbons (Fsp3) is 0.524. The predicted molar refractivity (Wildman–Crippen MR) is 116 cm³/mol. The summed E-state index contributed by atoms with van der Waals surface area (Å²) in [5, 5.41) is 7.89. The van der Waals surface area contributed by atoms with Crippen molar-refractivity contribution in [2.24, 2.45) is 4.99 Å². The van der Waals surface area contributed by atoms with Gasteiger partial charge in [-0.05, 0) is 51.2 Å². The van der Waals surface area contributed by atoms with Gasteiger partial charge in [-0.2, -0.15) is 0 Å². The number of nitrogens with zero attached hydrogens (tertiary/aromatic N) is 2. The van der Waals surface area contributed by atoms with Crippen molar-refractivity contribution in [1.29, 1.82) is 0 Å². The van der Waals surface area contributed by atoms with E-state index in [0.717, 1.165) is 44.0 Å². The number of anilines is 1. The third kappa shape index (κ3) is 5.38. The van der Waals surface area contributed by atoms with Gasteiger partial charge in [-0.1, -0.05) is 0 Å². The van der Waals surface area contributed by atoms with Gasteiger partial charge in [0, 0.05) is 36.1 Å². The van der Waals surface area contributed by atoms with Crippen molar-refractivity contribution in [2.75, 3.05) is 32.6 Å². The molecule has 28 heavy (non-hydrogen) atoms. The number of methoxy groups -OCH3 is 2. The average Bonchev–Trinajstić information content (AvgIpc) is 3.14. The van der Waals surface area contributed by atoms with Crippen LogP contribution in [-0.2, 0) is 19.3 Å². The molecule has 1 heterocycles. The first kappa shape index (κ1) is 20.5. The van der Waals surface area contributed by atoms with Gasteiger partial charge in [0.1, 0.15) is 0 Å². The normalized spacial score (nSPS) is 13.8. The lowest BCUT2D eigenvalue weighted by Gasteiger charge is -2.13. The zero-order valence-corrected chi connectivity index (χ0v) is 17.8. The second-order valence-corrected chi connectivity index (χ2v) is 7.91. The number of guanidine groups is 1. The van der Waals surface area contributed by atoms with Crippen LogP contribution in [0.3, 0.4) is 0 Å². The SMILES string of the molecule is CCNC(=NCCCc1nc2c(s1)CCCC2)Nc1ccc(OC)c(OC)c1. The van der Waals surface area contributed by atoms with Crippen molar-refractivity contribution >= 4 is 23.0 Å². The molecular formula is C21H30N4O2S. The minimum atomic E-state index is 0.691. The molecule has 0 amide bonds. The number of hydrogen-bond acceptors (Lipinski definition) is 5. The molecule has 152 valence electrons. The molecule has 1 aliphatic carbocycles. The quantitative estimate of drug-likeness (QED) is 0.396. The summed E-state index contributed by atoms with van der Waals surface area (Å²) in [4.78, 5) is 11.0. The van der Waals surface area contributed by atoms with E-state index in [4.69, 9.17) is 19.5 Å². The van der Waals surface area contributed by atoms with E-state index in [0.29, 0.717) is 11.5 Å². The van der Waals surface area contributed by atoms with Crippen molar-refractivity contribution < 1.29 is 9.47 Å². The van der Waals surface area contributed by atoms with Gasteiger partial charge in [0.15, 0.2) is 17.5 Å². The Hall–Kier alpha value is -2.28. The first-order valence-corrected chi connectivity index (χ1v) is 10.8. The van der Waals surface area contributed by atoms with E-state index in [1.807, 2.05) is 29.5 Å². The van der Waals surface area contributed by atoms with E-state index >= 15 is 0 Å². The molecule has 1 aromatic heterocycles. The van der Waals surface area contributed by atoms with E-state index in [2.05, 4.69) is 17.6 Å². The number of ether oxygens (including phenoxy) is 2. The van der Waals surface area contributed by atoms with Gasteiger partial charge in [0.05, 0.1) is 24.9 Å². The molecule has 2 N–H and O–H groups in total. The Morgan fingerprint density at radius 3 is 2.75 bits per heavy atom. The minimum absolute atomic E-state index is 0.691. The molecule has 0 fully saturated rings. The van der Waals surface area contributed by atoms with Gasteiger partial charge in [-0.15, -0.1) is 11.3 Å². The van der Waals surface area contributed by atoms with Crippen LogP contribution in [0, 0.1) is 0 Å². The van der Waals surface area contributed by atoms with Crippen LogP contribution in [0.1, 0.15) is 41.8 Å². The van der Waals surface area contributed by atoms with Crippen LogP contribution in [0.2, 0.25) is 0 Å². The summed E-state index contributed by atoms with van der Waals surface area (Å²) in [6.45, 7) is 3.62. The molecule has 0 saturated carbocycles. The van der Waals surface area contributed by atoms with Crippen LogP contribution in [0.4, 0.5) is 5.69 Å². The summed E-state index contributed by atoms with van der Waals surface area (Å²) in [7, 11) is 3.27. The van der Waals surface area contributed by atoms with Crippen molar-refractivity contribution in [2.45, 2.75) is 45.4 Å². The predicted octanol–water partition coefficient (Wildman–Crippen LogP) is 4.05. The summed E-state index contributed by atoms with van der Waals surface area (Å²) in [6, 6.07) is 5.75. The van der Waals surface area contributed by atoms with E-state index < -0.39 is 0 Å². The highest BCUT2D eigenvalue weighted by atomic mass is 32.1. The van der Waals surface area contributed by atoms with Crippen LogP contribution in [0.25, 0.3) is 0 Å². The van der Waals surface area contributed by atoms with Crippen molar-refractivity contribution in [3.63, 3.8) is 0 Å². The lowest BCUT2D eigenvalue weighted by Crippen LogP contribution is -2.30. The number of aliphatic imine (C=N–C) groups is 1. The molecular weight excluding hydrogens is 372 g/mol. The van der Waals surface area contributed by atoms with Crippen LogP contribution in [0.15, 0.2) is 23.2 Å². The largest absolute Gasteiger partial charge is 0.493 e. The van der Waals surface area contributed by atoms with Gasteiger partial charge in [-0.25, -0.2) is 4.98 Å². The number of aromatic nitrogens is 1. The lowest BCUT2D eigenvalue weighted by molar-refractivity contribution is 0.355. The van der Waals surface area contributed by atoms with Gasteiger partial charge in [-0.3, -0.25) is 4.99 Å². The Bertz CT molecular complexity index is 780. The molecule has 1 aliphatic rings. The van der Waals surface area contributed by atoms with Crippen LogP contribution in [-0.4, -0.2) is 38.3 Å². The molecule has 0 bridgehead atoms. The maximum atomic E-state index is 5.37.